The van der Waals surface area contributed by atoms with E-state index in [1.165, 1.54) is 5.56 Å². The molecule has 2 unspecified atom stereocenters. The number of nitrogens with zero attached hydrogens (tertiary/aromatic N) is 3. The van der Waals surface area contributed by atoms with E-state index in [0.29, 0.717) is 36.0 Å². The Balaban J connectivity index is 1.53. The maximum absolute atomic E-state index is 13.2. The highest BCUT2D eigenvalue weighted by Gasteiger charge is 2.29. The molecule has 7 heteroatoms. The van der Waals surface area contributed by atoms with E-state index in [-0.39, 0.29) is 24.0 Å². The van der Waals surface area contributed by atoms with Crippen molar-refractivity contribution in [2.24, 2.45) is 5.92 Å². The molecule has 2 aromatic heterocycles. The highest BCUT2D eigenvalue weighted by Crippen LogP contribution is 2.24. The molecule has 3 aromatic rings. The lowest BCUT2D eigenvalue weighted by Crippen LogP contribution is -2.44. The molecule has 3 heterocycles. The number of amides is 2. The lowest BCUT2D eigenvalue weighted by molar-refractivity contribution is -0.0400. The molecule has 1 fully saturated rings. The van der Waals surface area contributed by atoms with E-state index in [1.54, 1.807) is 34.7 Å². The lowest BCUT2D eigenvalue weighted by atomic mass is 9.90. The molecular formula is C27H34N4O3. The summed E-state index contributed by atoms with van der Waals surface area (Å²) < 4.78 is 7.21. The van der Waals surface area contributed by atoms with Gasteiger partial charge in [-0.05, 0) is 49.3 Å². The number of methoxy groups -OCH3 is 1. The topological polar surface area (TPSA) is 75.9 Å². The van der Waals surface area contributed by atoms with Gasteiger partial charge in [-0.1, -0.05) is 50.2 Å². The molecule has 1 aliphatic rings. The van der Waals surface area contributed by atoms with Crippen LogP contribution < -0.4 is 5.32 Å². The summed E-state index contributed by atoms with van der Waals surface area (Å²) >= 11 is 0. The molecule has 0 radical (unpaired) electrons. The molecule has 1 saturated heterocycles. The van der Waals surface area contributed by atoms with Crippen LogP contribution in [0.4, 0.5) is 0 Å². The van der Waals surface area contributed by atoms with Crippen LogP contribution in [-0.2, 0) is 4.74 Å². The number of rotatable bonds is 8. The van der Waals surface area contributed by atoms with Gasteiger partial charge in [0.05, 0.1) is 0 Å². The fraction of sp³-hybridized carbons (Fsp3) is 0.444. The van der Waals surface area contributed by atoms with E-state index in [4.69, 9.17) is 4.74 Å². The average Bonchev–Trinajstić information content (AvgIpc) is 3.30. The predicted molar refractivity (Wildman–Crippen MR) is 132 cm³/mol. The smallest absolute Gasteiger partial charge is 0.276 e. The first-order chi connectivity index (χ1) is 16.5. The maximum Gasteiger partial charge on any atom is 0.276 e. The summed E-state index contributed by atoms with van der Waals surface area (Å²) in [6, 6.07) is 15.7. The van der Waals surface area contributed by atoms with Crippen LogP contribution in [0.3, 0.4) is 0 Å². The minimum absolute atomic E-state index is 0.164. The molecule has 34 heavy (non-hydrogen) atoms. The lowest BCUT2D eigenvalue weighted by Gasteiger charge is -2.33. The molecule has 2 atom stereocenters. The third-order valence-electron chi connectivity index (χ3n) is 6.46. The third-order valence-corrected chi connectivity index (χ3v) is 6.46. The number of piperidine rings is 1. The largest absolute Gasteiger partial charge is 0.362 e. The molecule has 0 spiro atoms. The zero-order valence-electron chi connectivity index (χ0n) is 20.2. The van der Waals surface area contributed by atoms with E-state index in [2.05, 4.69) is 36.3 Å². The van der Waals surface area contributed by atoms with Gasteiger partial charge in [0.25, 0.3) is 11.8 Å². The highest BCUT2D eigenvalue weighted by molar-refractivity contribution is 5.95. The van der Waals surface area contributed by atoms with Gasteiger partial charge >= 0.3 is 0 Å². The first kappa shape index (κ1) is 24.0. The molecule has 0 bridgehead atoms. The number of carbonyl (C=O) groups excluding carboxylic acids is 2. The highest BCUT2D eigenvalue weighted by atomic mass is 16.5. The normalized spacial score (nSPS) is 17.2. The second kappa shape index (κ2) is 10.8. The van der Waals surface area contributed by atoms with E-state index >= 15 is 0 Å². The molecule has 4 rings (SSSR count). The molecule has 0 saturated carbocycles. The summed E-state index contributed by atoms with van der Waals surface area (Å²) in [5.41, 5.74) is 2.58. The van der Waals surface area contributed by atoms with Gasteiger partial charge in [0, 0.05) is 32.3 Å². The van der Waals surface area contributed by atoms with Gasteiger partial charge in [0.1, 0.15) is 23.3 Å². The SMILES string of the molecule is COC1CCCCN1C(=O)c1cn2c(C(=O)NCC(CC(C)C)c3ccccc3)cccc2n1. The fourth-order valence-corrected chi connectivity index (χ4v) is 4.76. The van der Waals surface area contributed by atoms with Crippen LogP contribution in [-0.4, -0.2) is 52.5 Å². The zero-order valence-corrected chi connectivity index (χ0v) is 20.2. The summed E-state index contributed by atoms with van der Waals surface area (Å²) in [6.45, 7) is 5.58. The molecule has 7 nitrogen and oxygen atoms in total. The molecule has 1 aliphatic heterocycles. The van der Waals surface area contributed by atoms with Crippen molar-refractivity contribution in [1.29, 1.82) is 0 Å². The molecule has 0 aliphatic carbocycles. The van der Waals surface area contributed by atoms with Gasteiger partial charge in [-0.15, -0.1) is 0 Å². The summed E-state index contributed by atoms with van der Waals surface area (Å²) in [5.74, 6) is 0.398. The number of nitrogens with one attached hydrogen (secondary N) is 1. The van der Waals surface area contributed by atoms with Crippen LogP contribution >= 0.6 is 0 Å². The van der Waals surface area contributed by atoms with Gasteiger partial charge in [-0.25, -0.2) is 4.98 Å². The molecule has 180 valence electrons. The summed E-state index contributed by atoms with van der Waals surface area (Å²) in [6.07, 6.45) is 5.22. The Morgan fingerprint density at radius 3 is 2.65 bits per heavy atom. The van der Waals surface area contributed by atoms with Crippen molar-refractivity contribution in [1.82, 2.24) is 19.6 Å². The number of hydrogen-bond donors (Lipinski definition) is 1. The minimum atomic E-state index is -0.232. The summed E-state index contributed by atoms with van der Waals surface area (Å²) in [7, 11) is 1.63. The van der Waals surface area contributed by atoms with Crippen molar-refractivity contribution < 1.29 is 14.3 Å². The first-order valence-corrected chi connectivity index (χ1v) is 12.1. The number of aromatic nitrogens is 2. The van der Waals surface area contributed by atoms with Crippen LogP contribution in [0.5, 0.6) is 0 Å². The Kier molecular flexibility index (Phi) is 7.63. The van der Waals surface area contributed by atoms with Crippen molar-refractivity contribution in [3.05, 3.63) is 71.7 Å². The van der Waals surface area contributed by atoms with E-state index in [0.717, 1.165) is 25.7 Å². The number of imidazole rings is 1. The van der Waals surface area contributed by atoms with Crippen LogP contribution in [0.2, 0.25) is 0 Å². The second-order valence-electron chi connectivity index (χ2n) is 9.40. The molecule has 2 amide bonds. The summed E-state index contributed by atoms with van der Waals surface area (Å²) in [5, 5.41) is 3.11. The van der Waals surface area contributed by atoms with Crippen molar-refractivity contribution in [2.45, 2.75) is 51.7 Å². The number of pyridine rings is 1. The standard InChI is InChI=1S/C27H34N4O3/c1-19(2)16-21(20-10-5-4-6-11-20)17-28-26(32)23-12-9-13-24-29-22(18-31(23)24)27(33)30-15-8-7-14-25(30)34-3/h4-6,9-13,18-19,21,25H,7-8,14-17H2,1-3H3,(H,28,32). The van der Waals surface area contributed by atoms with Gasteiger partial charge in [0.2, 0.25) is 0 Å². The van der Waals surface area contributed by atoms with Crippen molar-refractivity contribution in [2.75, 3.05) is 20.2 Å². The average molecular weight is 463 g/mol. The first-order valence-electron chi connectivity index (χ1n) is 12.1. The fourth-order valence-electron chi connectivity index (χ4n) is 4.76. The summed E-state index contributed by atoms with van der Waals surface area (Å²) in [4.78, 5) is 32.6. The Morgan fingerprint density at radius 1 is 1.12 bits per heavy atom. The van der Waals surface area contributed by atoms with Gasteiger partial charge in [0.15, 0.2) is 0 Å². The Morgan fingerprint density at radius 2 is 1.91 bits per heavy atom. The predicted octanol–water partition coefficient (Wildman–Crippen LogP) is 4.49. The van der Waals surface area contributed by atoms with Gasteiger partial charge in [-0.3, -0.25) is 14.0 Å². The molecular weight excluding hydrogens is 428 g/mol. The maximum atomic E-state index is 13.2. The van der Waals surface area contributed by atoms with Gasteiger partial charge < -0.3 is 15.0 Å². The molecule has 1 N–H and O–H groups in total. The Hall–Kier alpha value is -3.19. The number of likely N-dealkylation sites (tertiary alicyclic amines) is 1. The number of ether oxygens (including phenoxy) is 1. The molecule has 1 aromatic carbocycles. The third kappa shape index (κ3) is 5.30. The van der Waals surface area contributed by atoms with E-state index < -0.39 is 0 Å². The van der Waals surface area contributed by atoms with Crippen LogP contribution in [0.1, 0.15) is 72.0 Å². The van der Waals surface area contributed by atoms with Crippen molar-refractivity contribution >= 4 is 17.5 Å². The van der Waals surface area contributed by atoms with Crippen molar-refractivity contribution in [3.63, 3.8) is 0 Å². The van der Waals surface area contributed by atoms with E-state index in [9.17, 15) is 9.59 Å². The Bertz CT molecular complexity index is 1130. The quantitative estimate of drug-likeness (QED) is 0.535. The van der Waals surface area contributed by atoms with Crippen LogP contribution in [0, 0.1) is 5.92 Å². The van der Waals surface area contributed by atoms with E-state index in [1.807, 2.05) is 24.3 Å². The van der Waals surface area contributed by atoms with Crippen LogP contribution in [0.15, 0.2) is 54.7 Å². The monoisotopic (exact) mass is 462 g/mol. The number of hydrogen-bond acceptors (Lipinski definition) is 4. The minimum Gasteiger partial charge on any atom is -0.362 e. The number of fused-ring (bicyclic) bond motifs is 1. The second-order valence-corrected chi connectivity index (χ2v) is 9.40. The number of carbonyl (C=O) groups is 2. The van der Waals surface area contributed by atoms with Crippen molar-refractivity contribution in [3.8, 4) is 0 Å². The van der Waals surface area contributed by atoms with Gasteiger partial charge in [-0.2, -0.15) is 0 Å². The zero-order chi connectivity index (χ0) is 24.1. The van der Waals surface area contributed by atoms with Crippen LogP contribution in [0.25, 0.3) is 5.65 Å². The number of benzene rings is 1. The Labute approximate surface area is 201 Å².